The quantitative estimate of drug-likeness (QED) is 0.0406. The molecule has 0 aromatic carbocycles. The highest BCUT2D eigenvalue weighted by Gasteiger charge is 2.26. The van der Waals surface area contributed by atoms with Gasteiger partial charge in [-0.2, -0.15) is 0 Å². The number of rotatable bonds is 34. The number of hydrogen-bond donors (Lipinski definition) is 5. The molecule has 6 atom stereocenters. The molecule has 29 heteroatoms. The van der Waals surface area contributed by atoms with Crippen molar-refractivity contribution in [2.75, 3.05) is 72.7 Å². The Bertz CT molecular complexity index is 1160. The largest absolute Gasteiger partial charge is 0.472 e. The molecular weight excluding hydrogens is 818 g/mol. The summed E-state index contributed by atoms with van der Waals surface area (Å²) in [5.41, 5.74) is 0. The molecule has 0 rings (SSSR count). The summed E-state index contributed by atoms with van der Waals surface area (Å²) < 4.78 is 128. The molecule has 0 amide bonds. The first-order chi connectivity index (χ1) is 23.4. The van der Waals surface area contributed by atoms with Gasteiger partial charge in [0.05, 0.1) is 78.3 Å². The van der Waals surface area contributed by atoms with Gasteiger partial charge in [-0.3, -0.25) is 49.8 Å². The third-order valence-electron chi connectivity index (χ3n) is 4.81. The molecule has 0 radical (unpaired) electrons. The van der Waals surface area contributed by atoms with Crippen LogP contribution in [0.25, 0.3) is 0 Å². The minimum absolute atomic E-state index is 0.0360. The summed E-state index contributed by atoms with van der Waals surface area (Å²) >= 11 is 0. The summed E-state index contributed by atoms with van der Waals surface area (Å²) in [6, 6.07) is 0. The zero-order chi connectivity index (χ0) is 39.2. The molecule has 0 bridgehead atoms. The van der Waals surface area contributed by atoms with Crippen molar-refractivity contribution in [2.45, 2.75) is 72.0 Å². The fourth-order valence-corrected chi connectivity index (χ4v) is 8.42. The van der Waals surface area contributed by atoms with Crippen LogP contribution in [-0.4, -0.2) is 109 Å². The second-order valence-electron chi connectivity index (χ2n) is 10.5. The van der Waals surface area contributed by atoms with Gasteiger partial charge >= 0.3 is 46.7 Å². The normalized spacial score (nSPS) is 19.5. The molecule has 0 aliphatic heterocycles. The third kappa shape index (κ3) is 32.6. The van der Waals surface area contributed by atoms with Gasteiger partial charge in [-0.15, -0.1) is 0 Å². The number of hydrogen-bond acceptors (Lipinski definition) is 18. The van der Waals surface area contributed by atoms with E-state index in [1.807, 2.05) is 0 Å². The van der Waals surface area contributed by atoms with Crippen molar-refractivity contribution in [3.05, 3.63) is 0 Å². The van der Waals surface area contributed by atoms with Crippen molar-refractivity contribution in [1.29, 1.82) is 0 Å². The Morgan fingerprint density at radius 2 is 0.549 bits per heavy atom. The Kier molecular flexibility index (Phi) is 26.1. The Morgan fingerprint density at radius 1 is 0.353 bits per heavy atom. The van der Waals surface area contributed by atoms with E-state index >= 15 is 0 Å². The first-order valence-corrected chi connectivity index (χ1v) is 24.9. The van der Waals surface area contributed by atoms with Crippen molar-refractivity contribution in [3.63, 3.8) is 0 Å². The van der Waals surface area contributed by atoms with E-state index in [0.717, 1.165) is 0 Å². The summed E-state index contributed by atoms with van der Waals surface area (Å²) in [4.78, 5) is 48.1. The summed E-state index contributed by atoms with van der Waals surface area (Å²) in [5, 5.41) is 0. The van der Waals surface area contributed by atoms with Crippen LogP contribution >= 0.6 is 46.7 Å². The van der Waals surface area contributed by atoms with Crippen LogP contribution in [0.4, 0.5) is 0 Å². The predicted octanol–water partition coefficient (Wildman–Crippen LogP) is 5.28. The lowest BCUT2D eigenvalue weighted by Crippen LogP contribution is -2.06. The molecule has 0 aliphatic carbocycles. The van der Waals surface area contributed by atoms with Gasteiger partial charge in [0.25, 0.3) is 0 Å². The number of phosphoric ester groups is 5. The molecule has 0 aromatic heterocycles. The van der Waals surface area contributed by atoms with Gasteiger partial charge in [-0.25, -0.2) is 22.8 Å². The minimum Gasteiger partial charge on any atom is -0.309 e. The lowest BCUT2D eigenvalue weighted by atomic mass is 10.5. The predicted molar refractivity (Wildman–Crippen MR) is 178 cm³/mol. The number of phosphoric acid groups is 5. The molecule has 0 aromatic rings. The molecule has 0 saturated carbocycles. The minimum atomic E-state index is -4.56. The molecule has 23 nitrogen and oxygen atoms in total. The van der Waals surface area contributed by atoms with E-state index in [4.69, 9.17) is 31.7 Å². The molecule has 0 aliphatic rings. The van der Waals surface area contributed by atoms with Gasteiger partial charge in [0.2, 0.25) is 0 Å². The first-order valence-electron chi connectivity index (χ1n) is 15.4. The van der Waals surface area contributed by atoms with E-state index in [2.05, 4.69) is 22.6 Å². The molecule has 0 spiro atoms. The second-order valence-corrected chi connectivity index (χ2v) is 19.8. The van der Waals surface area contributed by atoms with Crippen LogP contribution in [0.2, 0.25) is 0 Å². The molecule has 0 fully saturated rings. The van der Waals surface area contributed by atoms with E-state index in [0.29, 0.717) is 0 Å². The van der Waals surface area contributed by atoms with Crippen LogP contribution in [0.1, 0.15) is 59.8 Å². The molecule has 0 saturated heterocycles. The van der Waals surface area contributed by atoms with Gasteiger partial charge in [-0.05, 0) is 59.8 Å². The highest BCUT2D eigenvalue weighted by atomic mass is 31.2. The van der Waals surface area contributed by atoms with Gasteiger partial charge in [-0.1, -0.05) is 0 Å². The van der Waals surface area contributed by atoms with Crippen molar-refractivity contribution in [3.8, 4) is 0 Å². The Balaban J connectivity index is 3.99. The van der Waals surface area contributed by atoms with Gasteiger partial charge in [0.15, 0.2) is 0 Å². The second kappa shape index (κ2) is 25.8. The van der Waals surface area contributed by atoms with Crippen molar-refractivity contribution in [2.24, 2.45) is 0 Å². The topological polar surface area (TPSA) is 314 Å². The van der Waals surface area contributed by atoms with Crippen LogP contribution in [0, 0.1) is 0 Å². The fourth-order valence-electron chi connectivity index (χ4n) is 3.00. The van der Waals surface area contributed by atoms with E-state index in [-0.39, 0.29) is 71.2 Å². The maximum absolute atomic E-state index is 12.0. The van der Waals surface area contributed by atoms with Crippen molar-refractivity contribution in [1.82, 2.24) is 0 Å². The van der Waals surface area contributed by atoms with E-state index in [1.54, 1.807) is 13.8 Å². The first kappa shape index (κ1) is 51.7. The SMILES string of the molecule is CC(C)OP(C)(=O)OCCCOP(=O)(O)OCCCOP(=O)(O)OCCCOP(=O)(O)OCCCOP(=O)(O)OCCCOP(=O)(O)OC(C)C. The summed E-state index contributed by atoms with van der Waals surface area (Å²) in [5.74, 6) is 0. The zero-order valence-electron chi connectivity index (χ0n) is 29.0. The Morgan fingerprint density at radius 3 is 0.765 bits per heavy atom. The monoisotopic (exact) mass is 870 g/mol. The molecule has 51 heavy (non-hydrogen) atoms. The summed E-state index contributed by atoms with van der Waals surface area (Å²) in [6.07, 6.45) is -1.14. The molecule has 6 unspecified atom stereocenters. The Labute approximate surface area is 297 Å². The van der Waals surface area contributed by atoms with E-state index < -0.39 is 85.8 Å². The summed E-state index contributed by atoms with van der Waals surface area (Å²) in [6.45, 7) is 4.32. The van der Waals surface area contributed by atoms with Crippen LogP contribution in [0.5, 0.6) is 0 Å². The average Bonchev–Trinajstić information content (AvgIpc) is 2.94. The lowest BCUT2D eigenvalue weighted by molar-refractivity contribution is 0.106. The standard InChI is InChI=1S/C22H52O23P6/c1-21(2)44-46(5,23)34-11-6-12-35-47(24,25)36-13-7-14-37-48(26,27)38-15-8-16-39-49(28,29)40-17-9-18-41-50(30,31)42-19-10-20-43-51(32,33)45-22(3)4/h21-22H,6-20H2,1-5H3,(H,24,25)(H,26,27)(H,28,29)(H,30,31)(H,32,33). The maximum atomic E-state index is 12.0. The van der Waals surface area contributed by atoms with Crippen LogP contribution in [0.15, 0.2) is 0 Å². The zero-order valence-corrected chi connectivity index (χ0v) is 34.4. The van der Waals surface area contributed by atoms with Crippen LogP contribution in [-0.2, 0) is 81.7 Å². The third-order valence-corrected chi connectivity index (χ3v) is 11.5. The van der Waals surface area contributed by atoms with Crippen molar-refractivity contribution < 1.29 is 106 Å². The molecule has 5 N–H and O–H groups in total. The fraction of sp³-hybridized carbons (Fsp3) is 1.00. The molecule has 0 heterocycles. The van der Waals surface area contributed by atoms with E-state index in [1.165, 1.54) is 20.5 Å². The van der Waals surface area contributed by atoms with Gasteiger partial charge in [0.1, 0.15) is 0 Å². The molecular formula is C22H52O23P6. The van der Waals surface area contributed by atoms with Crippen LogP contribution in [0.3, 0.4) is 0 Å². The molecule has 308 valence electrons. The van der Waals surface area contributed by atoms with Gasteiger partial charge in [0, 0.05) is 6.66 Å². The van der Waals surface area contributed by atoms with Crippen LogP contribution < -0.4 is 0 Å². The van der Waals surface area contributed by atoms with E-state index in [9.17, 15) is 51.9 Å². The highest BCUT2D eigenvalue weighted by molar-refractivity contribution is 7.53. The van der Waals surface area contributed by atoms with Gasteiger partial charge < -0.3 is 33.5 Å². The summed E-state index contributed by atoms with van der Waals surface area (Å²) in [7, 11) is -25.6. The Hall–Kier alpha value is 0.700. The smallest absolute Gasteiger partial charge is 0.309 e. The highest BCUT2D eigenvalue weighted by Crippen LogP contribution is 2.48. The maximum Gasteiger partial charge on any atom is 0.472 e. The van der Waals surface area contributed by atoms with Crippen molar-refractivity contribution >= 4 is 46.7 Å². The lowest BCUT2D eigenvalue weighted by Gasteiger charge is -2.17. The average molecular weight is 870 g/mol.